The SMILES string of the molecule is Cc1cc(OCCNC(=O)C2CCCO2)ccc1N. The molecule has 1 saturated heterocycles. The molecule has 1 aromatic rings. The van der Waals surface area contributed by atoms with Crippen LogP contribution in [-0.4, -0.2) is 31.8 Å². The molecule has 1 amide bonds. The van der Waals surface area contributed by atoms with E-state index in [1.807, 2.05) is 25.1 Å². The zero-order valence-electron chi connectivity index (χ0n) is 11.1. The number of hydrogen-bond acceptors (Lipinski definition) is 4. The van der Waals surface area contributed by atoms with E-state index in [9.17, 15) is 4.79 Å². The fourth-order valence-electron chi connectivity index (χ4n) is 1.98. The first-order chi connectivity index (χ1) is 9.16. The van der Waals surface area contributed by atoms with Crippen LogP contribution in [0.5, 0.6) is 5.75 Å². The van der Waals surface area contributed by atoms with Crippen molar-refractivity contribution < 1.29 is 14.3 Å². The highest BCUT2D eigenvalue weighted by Crippen LogP contribution is 2.18. The quantitative estimate of drug-likeness (QED) is 0.620. The minimum absolute atomic E-state index is 0.0467. The molecule has 1 heterocycles. The number of rotatable bonds is 5. The van der Waals surface area contributed by atoms with Gasteiger partial charge < -0.3 is 20.5 Å². The number of nitrogens with one attached hydrogen (secondary N) is 1. The highest BCUT2D eigenvalue weighted by molar-refractivity contribution is 5.80. The van der Waals surface area contributed by atoms with Gasteiger partial charge in [-0.1, -0.05) is 0 Å². The van der Waals surface area contributed by atoms with Crippen LogP contribution in [-0.2, 0) is 9.53 Å². The number of hydrogen-bond donors (Lipinski definition) is 2. The second-order valence-corrected chi connectivity index (χ2v) is 4.66. The van der Waals surface area contributed by atoms with Crippen molar-refractivity contribution in [2.45, 2.75) is 25.9 Å². The lowest BCUT2D eigenvalue weighted by Crippen LogP contribution is -2.36. The molecule has 2 rings (SSSR count). The zero-order valence-corrected chi connectivity index (χ0v) is 11.1. The van der Waals surface area contributed by atoms with Crippen molar-refractivity contribution in [2.24, 2.45) is 0 Å². The van der Waals surface area contributed by atoms with E-state index in [0.717, 1.165) is 29.8 Å². The largest absolute Gasteiger partial charge is 0.492 e. The van der Waals surface area contributed by atoms with Crippen molar-refractivity contribution in [3.05, 3.63) is 23.8 Å². The lowest BCUT2D eigenvalue weighted by Gasteiger charge is -2.11. The van der Waals surface area contributed by atoms with Crippen LogP contribution in [0.1, 0.15) is 18.4 Å². The fraction of sp³-hybridized carbons (Fsp3) is 0.500. The van der Waals surface area contributed by atoms with Crippen molar-refractivity contribution in [2.75, 3.05) is 25.5 Å². The number of nitrogen functional groups attached to an aromatic ring is 1. The first kappa shape index (κ1) is 13.7. The maximum absolute atomic E-state index is 11.6. The molecular weight excluding hydrogens is 244 g/mol. The van der Waals surface area contributed by atoms with Crippen LogP contribution < -0.4 is 15.8 Å². The van der Waals surface area contributed by atoms with Crippen LogP contribution in [0.2, 0.25) is 0 Å². The fourth-order valence-corrected chi connectivity index (χ4v) is 1.98. The normalized spacial score (nSPS) is 18.3. The molecule has 1 aliphatic rings. The summed E-state index contributed by atoms with van der Waals surface area (Å²) in [7, 11) is 0. The Balaban J connectivity index is 1.68. The third-order valence-corrected chi connectivity index (χ3v) is 3.13. The van der Waals surface area contributed by atoms with Crippen molar-refractivity contribution >= 4 is 11.6 Å². The van der Waals surface area contributed by atoms with Crippen molar-refractivity contribution in [1.29, 1.82) is 0 Å². The molecule has 19 heavy (non-hydrogen) atoms. The second kappa shape index (κ2) is 6.43. The Hall–Kier alpha value is -1.75. The molecule has 5 heteroatoms. The minimum Gasteiger partial charge on any atom is -0.492 e. The molecule has 3 N–H and O–H groups in total. The van der Waals surface area contributed by atoms with Gasteiger partial charge in [0.1, 0.15) is 18.5 Å². The topological polar surface area (TPSA) is 73.6 Å². The van der Waals surface area contributed by atoms with E-state index in [-0.39, 0.29) is 12.0 Å². The molecule has 0 radical (unpaired) electrons. The van der Waals surface area contributed by atoms with Gasteiger partial charge in [0.05, 0.1) is 6.54 Å². The van der Waals surface area contributed by atoms with Crippen molar-refractivity contribution in [1.82, 2.24) is 5.32 Å². The molecule has 0 aromatic heterocycles. The smallest absolute Gasteiger partial charge is 0.249 e. The van der Waals surface area contributed by atoms with E-state index in [0.29, 0.717) is 19.8 Å². The molecule has 0 aliphatic carbocycles. The summed E-state index contributed by atoms with van der Waals surface area (Å²) in [5.74, 6) is 0.715. The molecule has 1 aliphatic heterocycles. The first-order valence-electron chi connectivity index (χ1n) is 6.55. The van der Waals surface area contributed by atoms with E-state index >= 15 is 0 Å². The van der Waals surface area contributed by atoms with Gasteiger partial charge in [-0.25, -0.2) is 0 Å². The zero-order chi connectivity index (χ0) is 13.7. The number of aryl methyl sites for hydroxylation is 1. The van der Waals surface area contributed by atoms with Crippen LogP contribution in [0.4, 0.5) is 5.69 Å². The van der Waals surface area contributed by atoms with Crippen LogP contribution in [0.3, 0.4) is 0 Å². The summed E-state index contributed by atoms with van der Waals surface area (Å²) in [5.41, 5.74) is 7.46. The van der Waals surface area contributed by atoms with Gasteiger partial charge in [-0.2, -0.15) is 0 Å². The highest BCUT2D eigenvalue weighted by atomic mass is 16.5. The summed E-state index contributed by atoms with van der Waals surface area (Å²) in [6.45, 7) is 3.52. The summed E-state index contributed by atoms with van der Waals surface area (Å²) in [6.07, 6.45) is 1.49. The predicted octanol–water partition coefficient (Wildman–Crippen LogP) is 1.25. The summed E-state index contributed by atoms with van der Waals surface area (Å²) in [6, 6.07) is 5.52. The Labute approximate surface area is 113 Å². The van der Waals surface area contributed by atoms with Gasteiger partial charge in [-0.05, 0) is 43.5 Å². The molecule has 0 bridgehead atoms. The Bertz CT molecular complexity index is 442. The standard InChI is InChI=1S/C14H20N2O3/c1-10-9-11(4-5-12(10)15)18-8-6-16-14(17)13-3-2-7-19-13/h4-5,9,13H,2-3,6-8,15H2,1H3,(H,16,17). The summed E-state index contributed by atoms with van der Waals surface area (Å²) < 4.78 is 10.8. The summed E-state index contributed by atoms with van der Waals surface area (Å²) in [4.78, 5) is 11.6. The Kier molecular flexibility index (Phi) is 4.63. The van der Waals surface area contributed by atoms with Crippen LogP contribution in [0.15, 0.2) is 18.2 Å². The van der Waals surface area contributed by atoms with E-state index < -0.39 is 0 Å². The van der Waals surface area contributed by atoms with E-state index in [1.165, 1.54) is 0 Å². The van der Waals surface area contributed by atoms with Crippen LogP contribution in [0, 0.1) is 6.92 Å². The minimum atomic E-state index is -0.279. The molecule has 0 saturated carbocycles. The molecule has 1 atom stereocenters. The number of carbonyl (C=O) groups is 1. The first-order valence-corrected chi connectivity index (χ1v) is 6.55. The monoisotopic (exact) mass is 264 g/mol. The Morgan fingerprint density at radius 2 is 2.42 bits per heavy atom. The average Bonchev–Trinajstić information content (AvgIpc) is 2.92. The highest BCUT2D eigenvalue weighted by Gasteiger charge is 2.22. The van der Waals surface area contributed by atoms with Gasteiger partial charge in [0.2, 0.25) is 5.91 Å². The number of carbonyl (C=O) groups excluding carboxylic acids is 1. The average molecular weight is 264 g/mol. The van der Waals surface area contributed by atoms with Crippen LogP contribution >= 0.6 is 0 Å². The van der Waals surface area contributed by atoms with Crippen molar-refractivity contribution in [3.63, 3.8) is 0 Å². The maximum atomic E-state index is 11.6. The lowest BCUT2D eigenvalue weighted by molar-refractivity contribution is -0.130. The number of ether oxygens (including phenoxy) is 2. The molecular formula is C14H20N2O3. The number of anilines is 1. The molecule has 0 spiro atoms. The van der Waals surface area contributed by atoms with Crippen molar-refractivity contribution in [3.8, 4) is 5.75 Å². The maximum Gasteiger partial charge on any atom is 0.249 e. The third kappa shape index (κ3) is 3.86. The number of amides is 1. The molecule has 1 aromatic carbocycles. The van der Waals surface area contributed by atoms with Gasteiger partial charge in [0, 0.05) is 12.3 Å². The van der Waals surface area contributed by atoms with Crippen LogP contribution in [0.25, 0.3) is 0 Å². The number of benzene rings is 1. The molecule has 1 fully saturated rings. The van der Waals surface area contributed by atoms with Gasteiger partial charge in [-0.3, -0.25) is 4.79 Å². The van der Waals surface area contributed by atoms with E-state index in [4.69, 9.17) is 15.2 Å². The Morgan fingerprint density at radius 3 is 3.11 bits per heavy atom. The van der Waals surface area contributed by atoms with E-state index in [2.05, 4.69) is 5.32 Å². The lowest BCUT2D eigenvalue weighted by atomic mass is 10.2. The van der Waals surface area contributed by atoms with Gasteiger partial charge in [0.15, 0.2) is 0 Å². The Morgan fingerprint density at radius 1 is 1.58 bits per heavy atom. The molecule has 1 unspecified atom stereocenters. The number of nitrogens with two attached hydrogens (primary N) is 1. The second-order valence-electron chi connectivity index (χ2n) is 4.66. The molecule has 5 nitrogen and oxygen atoms in total. The van der Waals surface area contributed by atoms with Gasteiger partial charge in [-0.15, -0.1) is 0 Å². The molecule has 104 valence electrons. The summed E-state index contributed by atoms with van der Waals surface area (Å²) >= 11 is 0. The third-order valence-electron chi connectivity index (χ3n) is 3.13. The van der Waals surface area contributed by atoms with E-state index in [1.54, 1.807) is 0 Å². The summed E-state index contributed by atoms with van der Waals surface area (Å²) in [5, 5.41) is 2.81. The van der Waals surface area contributed by atoms with Gasteiger partial charge >= 0.3 is 0 Å². The van der Waals surface area contributed by atoms with Gasteiger partial charge in [0.25, 0.3) is 0 Å². The predicted molar refractivity (Wildman–Crippen MR) is 73.1 cm³/mol.